The van der Waals surface area contributed by atoms with Gasteiger partial charge in [0.05, 0.1) is 12.7 Å². The van der Waals surface area contributed by atoms with E-state index in [4.69, 9.17) is 9.47 Å². The molecule has 0 saturated heterocycles. The molecule has 0 saturated carbocycles. The minimum atomic E-state index is -0.00983. The van der Waals surface area contributed by atoms with E-state index in [1.54, 1.807) is 0 Å². The lowest BCUT2D eigenvalue weighted by atomic mass is 9.72. The highest BCUT2D eigenvalue weighted by atomic mass is 16.5. The molecule has 153 valence electrons. The topological polar surface area (TPSA) is 18.5 Å². The molecule has 2 nitrogen and oxygen atoms in total. The van der Waals surface area contributed by atoms with Gasteiger partial charge in [-0.05, 0) is 60.3 Å². The van der Waals surface area contributed by atoms with Gasteiger partial charge in [0, 0.05) is 0 Å². The van der Waals surface area contributed by atoms with Gasteiger partial charge in [-0.2, -0.15) is 0 Å². The summed E-state index contributed by atoms with van der Waals surface area (Å²) in [5.74, 6) is 0.892. The number of ether oxygens (including phenoxy) is 2. The molecule has 0 spiro atoms. The van der Waals surface area contributed by atoms with Crippen molar-refractivity contribution in [3.05, 3.63) is 72.6 Å². The minimum Gasteiger partial charge on any atom is -0.491 e. The third kappa shape index (κ3) is 8.06. The summed E-state index contributed by atoms with van der Waals surface area (Å²) in [5, 5.41) is 0. The number of rotatable bonds is 10. The van der Waals surface area contributed by atoms with Crippen LogP contribution in [0.25, 0.3) is 0 Å². The summed E-state index contributed by atoms with van der Waals surface area (Å²) in [7, 11) is 0. The number of hydrogen-bond acceptors (Lipinski definition) is 2. The van der Waals surface area contributed by atoms with Gasteiger partial charge in [-0.3, -0.25) is 0 Å². The Morgan fingerprint density at radius 2 is 1.50 bits per heavy atom. The summed E-state index contributed by atoms with van der Waals surface area (Å²) in [6, 6.07) is 19.0. The van der Waals surface area contributed by atoms with Crippen LogP contribution in [0.15, 0.2) is 54.6 Å². The van der Waals surface area contributed by atoms with E-state index in [1.807, 2.05) is 6.07 Å². The summed E-state index contributed by atoms with van der Waals surface area (Å²) >= 11 is 0. The van der Waals surface area contributed by atoms with Gasteiger partial charge in [-0.25, -0.2) is 0 Å². The van der Waals surface area contributed by atoms with E-state index < -0.39 is 0 Å². The van der Waals surface area contributed by atoms with E-state index in [2.05, 4.69) is 90.1 Å². The van der Waals surface area contributed by atoms with E-state index >= 15 is 0 Å². The van der Waals surface area contributed by atoms with Crippen molar-refractivity contribution in [3.8, 4) is 5.75 Å². The fourth-order valence-corrected chi connectivity index (χ4v) is 3.86. The molecule has 2 aromatic rings. The molecule has 0 aliphatic carbocycles. The molecule has 2 heteroatoms. The van der Waals surface area contributed by atoms with Gasteiger partial charge in [0.15, 0.2) is 0 Å². The van der Waals surface area contributed by atoms with Gasteiger partial charge in [0.2, 0.25) is 0 Å². The third-order valence-corrected chi connectivity index (χ3v) is 4.91. The first-order valence-electron chi connectivity index (χ1n) is 10.4. The van der Waals surface area contributed by atoms with Gasteiger partial charge in [-0.1, -0.05) is 77.1 Å². The smallest absolute Gasteiger partial charge is 0.119 e. The largest absolute Gasteiger partial charge is 0.491 e. The predicted octanol–water partition coefficient (Wildman–Crippen LogP) is 6.63. The Morgan fingerprint density at radius 3 is 2.11 bits per heavy atom. The van der Waals surface area contributed by atoms with Gasteiger partial charge in [0.1, 0.15) is 12.4 Å². The zero-order valence-electron chi connectivity index (χ0n) is 18.3. The second-order valence-electron chi connectivity index (χ2n) is 9.51. The molecule has 0 heterocycles. The zero-order chi connectivity index (χ0) is 20.6. The van der Waals surface area contributed by atoms with Crippen LogP contribution in [0.4, 0.5) is 0 Å². The molecule has 1 radical (unpaired) electrons. The van der Waals surface area contributed by atoms with Crippen LogP contribution in [0.5, 0.6) is 5.75 Å². The van der Waals surface area contributed by atoms with E-state index in [0.29, 0.717) is 18.6 Å². The van der Waals surface area contributed by atoms with Crippen molar-refractivity contribution < 1.29 is 9.47 Å². The maximum atomic E-state index is 5.83. The molecule has 1 unspecified atom stereocenters. The highest BCUT2D eigenvalue weighted by molar-refractivity contribution is 5.31. The van der Waals surface area contributed by atoms with Crippen LogP contribution >= 0.6 is 0 Å². The normalized spacial score (nSPS) is 13.4. The van der Waals surface area contributed by atoms with Crippen molar-refractivity contribution in [1.29, 1.82) is 0 Å². The second kappa shape index (κ2) is 10.1. The fourth-order valence-electron chi connectivity index (χ4n) is 3.86. The molecule has 0 aliphatic heterocycles. The van der Waals surface area contributed by atoms with Gasteiger partial charge < -0.3 is 9.47 Å². The maximum absolute atomic E-state index is 5.83. The van der Waals surface area contributed by atoms with E-state index in [1.165, 1.54) is 11.1 Å². The Morgan fingerprint density at radius 1 is 0.857 bits per heavy atom. The van der Waals surface area contributed by atoms with Crippen LogP contribution < -0.4 is 4.74 Å². The van der Waals surface area contributed by atoms with Crippen molar-refractivity contribution in [2.75, 3.05) is 13.2 Å². The molecular weight excluding hydrogens is 344 g/mol. The van der Waals surface area contributed by atoms with E-state index in [-0.39, 0.29) is 11.5 Å². The molecule has 2 rings (SSSR count). The standard InChI is InChI=1S/C26H37O2/c1-21(12-13-22-10-8-7-9-11-22)27-18-19-28-24-16-14-23(15-17-24)26(5,6)20-25(2,3)4/h7-11,14-17,21H,1,12-13,18-20H2,2-6H3. The zero-order valence-corrected chi connectivity index (χ0v) is 18.3. The van der Waals surface area contributed by atoms with Crippen molar-refractivity contribution >= 4 is 0 Å². The van der Waals surface area contributed by atoms with Crippen molar-refractivity contribution in [2.45, 2.75) is 65.4 Å². The van der Waals surface area contributed by atoms with Crippen LogP contribution in [0, 0.1) is 12.3 Å². The van der Waals surface area contributed by atoms with Gasteiger partial charge in [0.25, 0.3) is 0 Å². The Labute approximate surface area is 172 Å². The maximum Gasteiger partial charge on any atom is 0.119 e. The van der Waals surface area contributed by atoms with Crippen LogP contribution in [0.3, 0.4) is 0 Å². The van der Waals surface area contributed by atoms with Crippen molar-refractivity contribution in [3.63, 3.8) is 0 Å². The van der Waals surface area contributed by atoms with Crippen LogP contribution in [0.2, 0.25) is 0 Å². The Bertz CT molecular complexity index is 681. The quantitative estimate of drug-likeness (QED) is 0.430. The molecule has 0 N–H and O–H groups in total. The molecule has 2 aromatic carbocycles. The van der Waals surface area contributed by atoms with Crippen LogP contribution in [-0.2, 0) is 16.6 Å². The average Bonchev–Trinajstić information content (AvgIpc) is 2.63. The average molecular weight is 382 g/mol. The number of benzene rings is 2. The van der Waals surface area contributed by atoms with Crippen LogP contribution in [0.1, 0.15) is 58.6 Å². The van der Waals surface area contributed by atoms with E-state index in [9.17, 15) is 0 Å². The molecule has 0 aromatic heterocycles. The minimum absolute atomic E-state index is 0.00983. The highest BCUT2D eigenvalue weighted by Gasteiger charge is 2.27. The molecule has 28 heavy (non-hydrogen) atoms. The monoisotopic (exact) mass is 381 g/mol. The first-order chi connectivity index (χ1) is 13.2. The third-order valence-electron chi connectivity index (χ3n) is 4.91. The summed E-state index contributed by atoms with van der Waals surface area (Å²) in [5.41, 5.74) is 3.14. The summed E-state index contributed by atoms with van der Waals surface area (Å²) < 4.78 is 11.6. The van der Waals surface area contributed by atoms with Crippen molar-refractivity contribution in [2.24, 2.45) is 5.41 Å². The Kier molecular flexibility index (Phi) is 8.12. The lowest BCUT2D eigenvalue weighted by Crippen LogP contribution is -2.24. The molecular formula is C26H37O2. The fraction of sp³-hybridized carbons (Fsp3) is 0.500. The molecule has 0 aliphatic rings. The SMILES string of the molecule is [CH2]C(CCc1ccccc1)OCCOc1ccc(C(C)(C)CC(C)(C)C)cc1. The molecule has 0 fully saturated rings. The molecule has 0 amide bonds. The lowest BCUT2D eigenvalue weighted by Gasteiger charge is -2.33. The first kappa shape index (κ1) is 22.5. The first-order valence-corrected chi connectivity index (χ1v) is 10.4. The van der Waals surface area contributed by atoms with Gasteiger partial charge in [-0.15, -0.1) is 0 Å². The Balaban J connectivity index is 1.70. The van der Waals surface area contributed by atoms with Crippen LogP contribution in [-0.4, -0.2) is 19.3 Å². The Hall–Kier alpha value is -1.80. The summed E-state index contributed by atoms with van der Waals surface area (Å²) in [6.07, 6.45) is 3.04. The summed E-state index contributed by atoms with van der Waals surface area (Å²) in [6.45, 7) is 16.7. The summed E-state index contributed by atoms with van der Waals surface area (Å²) in [4.78, 5) is 0. The number of aryl methyl sites for hydroxylation is 1. The molecule has 1 atom stereocenters. The van der Waals surface area contributed by atoms with Gasteiger partial charge >= 0.3 is 0 Å². The highest BCUT2D eigenvalue weighted by Crippen LogP contribution is 2.36. The van der Waals surface area contributed by atoms with E-state index in [0.717, 1.165) is 25.0 Å². The number of hydrogen-bond donors (Lipinski definition) is 0. The lowest BCUT2D eigenvalue weighted by molar-refractivity contribution is 0.0547. The second-order valence-corrected chi connectivity index (χ2v) is 9.51. The molecule has 0 bridgehead atoms. The predicted molar refractivity (Wildman–Crippen MR) is 119 cm³/mol. The van der Waals surface area contributed by atoms with Crippen molar-refractivity contribution in [1.82, 2.24) is 0 Å².